The summed E-state index contributed by atoms with van der Waals surface area (Å²) in [5.74, 6) is -2.46. The first kappa shape index (κ1) is 19.1. The van der Waals surface area contributed by atoms with Gasteiger partial charge in [-0.25, -0.2) is 13.9 Å². The van der Waals surface area contributed by atoms with Crippen molar-refractivity contribution in [3.63, 3.8) is 0 Å². The van der Waals surface area contributed by atoms with Gasteiger partial charge in [0.25, 0.3) is 5.91 Å². The number of pyridine rings is 1. The van der Waals surface area contributed by atoms with Gasteiger partial charge in [-0.05, 0) is 31.0 Å². The summed E-state index contributed by atoms with van der Waals surface area (Å²) >= 11 is 0. The fourth-order valence-electron chi connectivity index (χ4n) is 3.30. The van der Waals surface area contributed by atoms with E-state index in [2.05, 4.69) is 20.4 Å². The lowest BCUT2D eigenvalue weighted by Gasteiger charge is -2.34. The third-order valence-corrected chi connectivity index (χ3v) is 4.81. The number of hydrogen-bond acceptors (Lipinski definition) is 5. The van der Waals surface area contributed by atoms with Gasteiger partial charge in [-0.15, -0.1) is 5.10 Å². The van der Waals surface area contributed by atoms with E-state index < -0.39 is 23.8 Å². The number of hydrogen-bond donors (Lipinski definition) is 1. The number of imidazole rings is 1. The lowest BCUT2D eigenvalue weighted by molar-refractivity contribution is -0.176. The molecule has 3 aromatic rings. The Morgan fingerprint density at radius 3 is 2.79 bits per heavy atom. The van der Waals surface area contributed by atoms with Crippen LogP contribution in [0, 0.1) is 11.7 Å². The van der Waals surface area contributed by atoms with Crippen LogP contribution in [0.1, 0.15) is 23.3 Å². The van der Waals surface area contributed by atoms with Gasteiger partial charge in [0.15, 0.2) is 17.2 Å². The van der Waals surface area contributed by atoms with E-state index >= 15 is 0 Å². The summed E-state index contributed by atoms with van der Waals surface area (Å²) in [5.41, 5.74) is 0.320. The molecule has 0 bridgehead atoms. The average Bonchev–Trinajstić information content (AvgIpc) is 3.12. The maximum absolute atomic E-state index is 13.7. The number of amides is 1. The van der Waals surface area contributed by atoms with Crippen LogP contribution < -0.4 is 10.2 Å². The zero-order chi connectivity index (χ0) is 20.6. The van der Waals surface area contributed by atoms with Gasteiger partial charge in [0.1, 0.15) is 5.82 Å². The van der Waals surface area contributed by atoms with E-state index in [0.717, 1.165) is 6.20 Å². The molecule has 29 heavy (non-hydrogen) atoms. The van der Waals surface area contributed by atoms with Crippen LogP contribution in [0.25, 0.3) is 5.65 Å². The summed E-state index contributed by atoms with van der Waals surface area (Å²) in [6.45, 7) is 0.240. The van der Waals surface area contributed by atoms with Gasteiger partial charge in [0.2, 0.25) is 0 Å². The largest absolute Gasteiger partial charge is 0.393 e. The maximum atomic E-state index is 13.7. The summed E-state index contributed by atoms with van der Waals surface area (Å²) in [5, 5.41) is 6.72. The number of halogens is 4. The van der Waals surface area contributed by atoms with E-state index in [9.17, 15) is 22.4 Å². The van der Waals surface area contributed by atoms with Crippen LogP contribution in [0.2, 0.25) is 0 Å². The minimum atomic E-state index is -4.27. The van der Waals surface area contributed by atoms with E-state index in [1.54, 1.807) is 17.0 Å². The van der Waals surface area contributed by atoms with Crippen molar-refractivity contribution in [2.45, 2.75) is 19.0 Å². The quantitative estimate of drug-likeness (QED) is 0.673. The van der Waals surface area contributed by atoms with Crippen molar-refractivity contribution < 1.29 is 22.4 Å². The molecule has 0 aromatic carbocycles. The van der Waals surface area contributed by atoms with Crippen molar-refractivity contribution in [1.29, 1.82) is 0 Å². The zero-order valence-electron chi connectivity index (χ0n) is 15.0. The molecular weight excluding hydrogens is 392 g/mol. The molecule has 4 rings (SSSR count). The summed E-state index contributed by atoms with van der Waals surface area (Å²) in [7, 11) is 0. The van der Waals surface area contributed by atoms with Gasteiger partial charge in [0.05, 0.1) is 24.0 Å². The molecule has 7 nitrogen and oxygen atoms in total. The molecule has 1 N–H and O–H groups in total. The van der Waals surface area contributed by atoms with Crippen molar-refractivity contribution >= 4 is 23.1 Å². The zero-order valence-corrected chi connectivity index (χ0v) is 15.0. The molecule has 1 atom stereocenters. The molecule has 1 fully saturated rings. The SMILES string of the molecule is O=C(Nc1ccncc1F)c1cnc2ccc(N3CCCC(C(F)(F)F)C3)nn12. The fraction of sp³-hybridized carbons (Fsp3) is 0.333. The van der Waals surface area contributed by atoms with Crippen LogP contribution >= 0.6 is 0 Å². The average molecular weight is 408 g/mol. The molecule has 3 aromatic heterocycles. The monoisotopic (exact) mass is 408 g/mol. The van der Waals surface area contributed by atoms with Crippen molar-refractivity contribution in [3.05, 3.63) is 48.3 Å². The van der Waals surface area contributed by atoms with Crippen LogP contribution in [0.4, 0.5) is 29.1 Å². The molecule has 1 saturated heterocycles. The van der Waals surface area contributed by atoms with Crippen LogP contribution in [0.3, 0.4) is 0 Å². The predicted molar refractivity (Wildman–Crippen MR) is 96.1 cm³/mol. The minimum Gasteiger partial charge on any atom is -0.355 e. The van der Waals surface area contributed by atoms with Crippen molar-refractivity contribution in [2.75, 3.05) is 23.3 Å². The molecule has 11 heteroatoms. The molecular formula is C18H16F4N6O. The van der Waals surface area contributed by atoms with Gasteiger partial charge >= 0.3 is 6.18 Å². The number of alkyl halides is 3. The first-order valence-corrected chi connectivity index (χ1v) is 8.90. The minimum absolute atomic E-state index is 0.0300. The van der Waals surface area contributed by atoms with Gasteiger partial charge in [0, 0.05) is 19.3 Å². The normalized spacial score (nSPS) is 17.5. The summed E-state index contributed by atoms with van der Waals surface area (Å²) in [4.78, 5) is 21.8. The molecule has 1 aliphatic heterocycles. The van der Waals surface area contributed by atoms with Crippen molar-refractivity contribution in [1.82, 2.24) is 19.6 Å². The smallest absolute Gasteiger partial charge is 0.355 e. The maximum Gasteiger partial charge on any atom is 0.393 e. The Morgan fingerprint density at radius 1 is 1.21 bits per heavy atom. The Hall–Kier alpha value is -3.24. The Balaban J connectivity index is 1.61. The van der Waals surface area contributed by atoms with Crippen molar-refractivity contribution in [2.24, 2.45) is 5.92 Å². The van der Waals surface area contributed by atoms with E-state index in [1.165, 1.54) is 23.0 Å². The third kappa shape index (κ3) is 3.84. The second-order valence-corrected chi connectivity index (χ2v) is 6.74. The number of anilines is 2. The molecule has 4 heterocycles. The molecule has 0 aliphatic carbocycles. The number of fused-ring (bicyclic) bond motifs is 1. The number of nitrogens with zero attached hydrogens (tertiary/aromatic N) is 5. The second-order valence-electron chi connectivity index (χ2n) is 6.74. The van der Waals surface area contributed by atoms with Gasteiger partial charge in [-0.1, -0.05) is 0 Å². The fourth-order valence-corrected chi connectivity index (χ4v) is 3.30. The Morgan fingerprint density at radius 2 is 2.03 bits per heavy atom. The Kier molecular flexibility index (Phi) is 4.81. The van der Waals surface area contributed by atoms with E-state index in [1.807, 2.05) is 0 Å². The highest BCUT2D eigenvalue weighted by atomic mass is 19.4. The van der Waals surface area contributed by atoms with E-state index in [0.29, 0.717) is 24.4 Å². The van der Waals surface area contributed by atoms with E-state index in [-0.39, 0.29) is 24.3 Å². The molecule has 1 aliphatic rings. The van der Waals surface area contributed by atoms with Gasteiger partial charge < -0.3 is 10.2 Å². The standard InChI is InChI=1S/C18H16F4N6O/c19-12-8-23-6-5-13(12)25-17(29)14-9-24-15-3-4-16(26-28(14)15)27-7-1-2-11(10-27)18(20,21)22/h3-6,8-9,11H,1-2,7,10H2,(H,23,25,29). The van der Waals surface area contributed by atoms with Crippen LogP contribution in [0.15, 0.2) is 36.8 Å². The molecule has 1 unspecified atom stereocenters. The Bertz CT molecular complexity index is 1050. The molecule has 152 valence electrons. The topological polar surface area (TPSA) is 75.4 Å². The number of piperidine rings is 1. The highest BCUT2D eigenvalue weighted by Crippen LogP contribution is 2.34. The number of nitrogens with one attached hydrogen (secondary N) is 1. The first-order chi connectivity index (χ1) is 13.8. The summed E-state index contributed by atoms with van der Waals surface area (Å²) in [6.07, 6.45) is -0.224. The lowest BCUT2D eigenvalue weighted by Crippen LogP contribution is -2.42. The Labute approximate surface area is 162 Å². The van der Waals surface area contributed by atoms with Crippen LogP contribution in [0.5, 0.6) is 0 Å². The first-order valence-electron chi connectivity index (χ1n) is 8.90. The van der Waals surface area contributed by atoms with Gasteiger partial charge in [-0.2, -0.15) is 13.2 Å². The number of carbonyl (C=O) groups is 1. The number of carbonyl (C=O) groups excluding carboxylic acids is 1. The van der Waals surface area contributed by atoms with Crippen LogP contribution in [-0.4, -0.2) is 44.8 Å². The highest BCUT2D eigenvalue weighted by Gasteiger charge is 2.42. The van der Waals surface area contributed by atoms with E-state index in [4.69, 9.17) is 0 Å². The summed E-state index contributed by atoms with van der Waals surface area (Å²) in [6, 6.07) is 4.45. The second kappa shape index (κ2) is 7.30. The number of aromatic nitrogens is 4. The van der Waals surface area contributed by atoms with Crippen molar-refractivity contribution in [3.8, 4) is 0 Å². The molecule has 0 radical (unpaired) electrons. The van der Waals surface area contributed by atoms with Crippen LogP contribution in [-0.2, 0) is 0 Å². The molecule has 0 spiro atoms. The summed E-state index contributed by atoms with van der Waals surface area (Å²) < 4.78 is 54.2. The predicted octanol–water partition coefficient (Wildman–Crippen LogP) is 3.29. The lowest BCUT2D eigenvalue weighted by atomic mass is 9.97. The molecule has 1 amide bonds. The third-order valence-electron chi connectivity index (χ3n) is 4.81. The molecule has 0 saturated carbocycles. The van der Waals surface area contributed by atoms with Gasteiger partial charge in [-0.3, -0.25) is 9.78 Å². The highest BCUT2D eigenvalue weighted by molar-refractivity contribution is 6.03. The number of rotatable bonds is 3.